The van der Waals surface area contributed by atoms with Crippen LogP contribution in [0.25, 0.3) is 16.7 Å². The zero-order valence-corrected chi connectivity index (χ0v) is 18.4. The number of benzene rings is 1. The summed E-state index contributed by atoms with van der Waals surface area (Å²) in [6.45, 7) is 4.57. The highest BCUT2D eigenvalue weighted by molar-refractivity contribution is 5.98. The van der Waals surface area contributed by atoms with Gasteiger partial charge < -0.3 is 10.2 Å². The van der Waals surface area contributed by atoms with Crippen molar-refractivity contribution in [3.63, 3.8) is 0 Å². The number of amides is 1. The van der Waals surface area contributed by atoms with E-state index >= 15 is 0 Å². The number of hydrogen-bond donors (Lipinski definition) is 1. The van der Waals surface area contributed by atoms with Crippen molar-refractivity contribution in [1.82, 2.24) is 29.9 Å². The van der Waals surface area contributed by atoms with Crippen LogP contribution in [0.4, 0.5) is 10.2 Å². The Kier molecular flexibility index (Phi) is 5.45. The number of rotatable bonds is 4. The second kappa shape index (κ2) is 8.57. The average Bonchev–Trinajstić information content (AvgIpc) is 3.35. The molecular formula is C24H24FN7O. The molecule has 0 saturated carbocycles. The summed E-state index contributed by atoms with van der Waals surface area (Å²) in [5, 5.41) is 12.5. The standard InChI is InChI=1S/C24H24FN7O/c1-15-3-7-21(32-27-9-10-28-32)20(11-15)24(33)31-14-19(6-4-16(31)2)29-22-8-5-17-12-18(25)13-26-23(17)30-22/h3,5,7-13,16,19H,4,6,14H2,1-2H3,(H,26,29,30)/t16-,19-/m1/s1. The molecule has 8 nitrogen and oxygen atoms in total. The lowest BCUT2D eigenvalue weighted by atomic mass is 9.97. The smallest absolute Gasteiger partial charge is 0.256 e. The van der Waals surface area contributed by atoms with E-state index in [1.807, 2.05) is 36.1 Å². The van der Waals surface area contributed by atoms with Crippen LogP contribution in [-0.4, -0.2) is 54.4 Å². The van der Waals surface area contributed by atoms with Crippen LogP contribution in [0.5, 0.6) is 0 Å². The molecule has 9 heteroatoms. The Labute approximate surface area is 190 Å². The van der Waals surface area contributed by atoms with Crippen LogP contribution in [-0.2, 0) is 0 Å². The maximum atomic E-state index is 13.7. The Morgan fingerprint density at radius 3 is 2.76 bits per heavy atom. The van der Waals surface area contributed by atoms with E-state index in [0.29, 0.717) is 34.6 Å². The molecule has 1 aliphatic heterocycles. The van der Waals surface area contributed by atoms with E-state index in [0.717, 1.165) is 24.6 Å². The van der Waals surface area contributed by atoms with Crippen molar-refractivity contribution in [3.8, 4) is 5.69 Å². The zero-order chi connectivity index (χ0) is 22.9. The normalized spacial score (nSPS) is 18.5. The molecule has 1 aliphatic rings. The molecule has 5 rings (SSSR count). The zero-order valence-electron chi connectivity index (χ0n) is 18.4. The van der Waals surface area contributed by atoms with Crippen molar-refractivity contribution in [2.24, 2.45) is 0 Å². The van der Waals surface area contributed by atoms with E-state index in [4.69, 9.17) is 0 Å². The summed E-state index contributed by atoms with van der Waals surface area (Å²) < 4.78 is 13.4. The minimum Gasteiger partial charge on any atom is -0.365 e. The summed E-state index contributed by atoms with van der Waals surface area (Å²) in [6, 6.07) is 10.9. The fourth-order valence-electron chi connectivity index (χ4n) is 4.27. The van der Waals surface area contributed by atoms with Gasteiger partial charge in [0.05, 0.1) is 29.8 Å². The van der Waals surface area contributed by atoms with Gasteiger partial charge in [-0.15, -0.1) is 0 Å². The highest BCUT2D eigenvalue weighted by Crippen LogP contribution is 2.25. The van der Waals surface area contributed by atoms with E-state index in [9.17, 15) is 9.18 Å². The monoisotopic (exact) mass is 445 g/mol. The van der Waals surface area contributed by atoms with Gasteiger partial charge in [-0.3, -0.25) is 4.79 Å². The fraction of sp³-hybridized carbons (Fsp3) is 0.292. The summed E-state index contributed by atoms with van der Waals surface area (Å²) in [7, 11) is 0. The van der Waals surface area contributed by atoms with E-state index in [1.54, 1.807) is 18.5 Å². The first kappa shape index (κ1) is 21.0. The Morgan fingerprint density at radius 2 is 1.94 bits per heavy atom. The van der Waals surface area contributed by atoms with Crippen molar-refractivity contribution in [2.75, 3.05) is 11.9 Å². The maximum absolute atomic E-state index is 13.7. The molecule has 4 heterocycles. The minimum atomic E-state index is -0.388. The first-order valence-corrected chi connectivity index (χ1v) is 10.9. The Hall–Kier alpha value is -3.88. The van der Waals surface area contributed by atoms with Gasteiger partial charge in [0.2, 0.25) is 0 Å². The number of nitrogens with zero attached hydrogens (tertiary/aromatic N) is 6. The molecule has 168 valence electrons. The number of halogens is 1. The molecule has 1 amide bonds. The summed E-state index contributed by atoms with van der Waals surface area (Å²) in [5.41, 5.74) is 2.72. The number of aryl methyl sites for hydroxylation is 1. The number of likely N-dealkylation sites (tertiary alicyclic amines) is 1. The SMILES string of the molecule is Cc1ccc(-n2nccn2)c(C(=O)N2C[C@H](Nc3ccc4cc(F)cnc4n3)CC[C@H]2C)c1. The van der Waals surface area contributed by atoms with Crippen LogP contribution in [0, 0.1) is 12.7 Å². The van der Waals surface area contributed by atoms with Crippen LogP contribution >= 0.6 is 0 Å². The van der Waals surface area contributed by atoms with Gasteiger partial charge in [0.15, 0.2) is 5.65 Å². The number of anilines is 1. The highest BCUT2D eigenvalue weighted by Gasteiger charge is 2.31. The van der Waals surface area contributed by atoms with E-state index in [-0.39, 0.29) is 23.8 Å². The topological polar surface area (TPSA) is 88.8 Å². The lowest BCUT2D eigenvalue weighted by molar-refractivity contribution is 0.0621. The molecule has 0 aliphatic carbocycles. The van der Waals surface area contributed by atoms with Gasteiger partial charge in [-0.1, -0.05) is 11.6 Å². The van der Waals surface area contributed by atoms with Crippen molar-refractivity contribution < 1.29 is 9.18 Å². The Bertz CT molecular complexity index is 1310. The van der Waals surface area contributed by atoms with Gasteiger partial charge in [-0.05, 0) is 57.0 Å². The third kappa shape index (κ3) is 4.26. The molecule has 33 heavy (non-hydrogen) atoms. The first-order chi connectivity index (χ1) is 16.0. The first-order valence-electron chi connectivity index (χ1n) is 10.9. The predicted molar refractivity (Wildman–Crippen MR) is 123 cm³/mol. The summed E-state index contributed by atoms with van der Waals surface area (Å²) in [4.78, 5) is 25.6. The van der Waals surface area contributed by atoms with Crippen molar-refractivity contribution in [3.05, 3.63) is 71.9 Å². The molecule has 1 fully saturated rings. The fourth-order valence-corrected chi connectivity index (χ4v) is 4.27. The minimum absolute atomic E-state index is 0.0339. The predicted octanol–water partition coefficient (Wildman–Crippen LogP) is 3.76. The molecule has 1 saturated heterocycles. The molecule has 1 aromatic carbocycles. The molecule has 0 radical (unpaired) electrons. The maximum Gasteiger partial charge on any atom is 0.256 e. The molecular weight excluding hydrogens is 421 g/mol. The molecule has 4 aromatic rings. The number of fused-ring (bicyclic) bond motifs is 1. The third-order valence-corrected chi connectivity index (χ3v) is 6.02. The highest BCUT2D eigenvalue weighted by atomic mass is 19.1. The van der Waals surface area contributed by atoms with Gasteiger partial charge in [-0.25, -0.2) is 14.4 Å². The lowest BCUT2D eigenvalue weighted by Crippen LogP contribution is -2.50. The molecule has 0 bridgehead atoms. The molecule has 3 aromatic heterocycles. The van der Waals surface area contributed by atoms with E-state index in [2.05, 4.69) is 32.4 Å². The second-order valence-electron chi connectivity index (χ2n) is 8.46. The van der Waals surface area contributed by atoms with Crippen LogP contribution in [0.3, 0.4) is 0 Å². The summed E-state index contributed by atoms with van der Waals surface area (Å²) in [6.07, 6.45) is 6.12. The van der Waals surface area contributed by atoms with Crippen molar-refractivity contribution >= 4 is 22.8 Å². The van der Waals surface area contributed by atoms with Crippen LogP contribution < -0.4 is 5.32 Å². The Balaban J connectivity index is 1.38. The van der Waals surface area contributed by atoms with Crippen molar-refractivity contribution in [1.29, 1.82) is 0 Å². The third-order valence-electron chi connectivity index (χ3n) is 6.02. The van der Waals surface area contributed by atoms with Crippen LogP contribution in [0.2, 0.25) is 0 Å². The average molecular weight is 446 g/mol. The molecule has 0 spiro atoms. The lowest BCUT2D eigenvalue weighted by Gasteiger charge is -2.38. The molecule has 2 atom stereocenters. The number of piperidine rings is 1. The number of nitrogens with one attached hydrogen (secondary N) is 1. The van der Waals surface area contributed by atoms with Crippen molar-refractivity contribution in [2.45, 2.75) is 38.8 Å². The largest absolute Gasteiger partial charge is 0.365 e. The van der Waals surface area contributed by atoms with E-state index < -0.39 is 0 Å². The molecule has 1 N–H and O–H groups in total. The summed E-state index contributed by atoms with van der Waals surface area (Å²) in [5.74, 6) is 0.223. The number of carbonyl (C=O) groups excluding carboxylic acids is 1. The van der Waals surface area contributed by atoms with Crippen LogP contribution in [0.15, 0.2) is 55.0 Å². The Morgan fingerprint density at radius 1 is 1.12 bits per heavy atom. The second-order valence-corrected chi connectivity index (χ2v) is 8.46. The van der Waals surface area contributed by atoms with Gasteiger partial charge in [0.25, 0.3) is 5.91 Å². The van der Waals surface area contributed by atoms with Gasteiger partial charge in [-0.2, -0.15) is 15.0 Å². The molecule has 0 unspecified atom stereocenters. The summed E-state index contributed by atoms with van der Waals surface area (Å²) >= 11 is 0. The number of carbonyl (C=O) groups is 1. The van der Waals surface area contributed by atoms with E-state index in [1.165, 1.54) is 10.9 Å². The van der Waals surface area contributed by atoms with Gasteiger partial charge in [0, 0.05) is 24.0 Å². The number of pyridine rings is 2. The quantitative estimate of drug-likeness (QED) is 0.515. The van der Waals surface area contributed by atoms with Gasteiger partial charge >= 0.3 is 0 Å². The number of aromatic nitrogens is 5. The number of hydrogen-bond acceptors (Lipinski definition) is 6. The van der Waals surface area contributed by atoms with Gasteiger partial charge in [0.1, 0.15) is 11.6 Å². The van der Waals surface area contributed by atoms with Crippen LogP contribution in [0.1, 0.15) is 35.7 Å².